The zero-order valence-corrected chi connectivity index (χ0v) is 13.2. The van der Waals surface area contributed by atoms with Gasteiger partial charge in [-0.2, -0.15) is 0 Å². The van der Waals surface area contributed by atoms with Crippen LogP contribution in [-0.2, 0) is 17.9 Å². The van der Waals surface area contributed by atoms with Gasteiger partial charge in [0.25, 0.3) is 0 Å². The summed E-state index contributed by atoms with van der Waals surface area (Å²) in [5.41, 5.74) is 1.21. The Morgan fingerprint density at radius 1 is 1.05 bits per heavy atom. The van der Waals surface area contributed by atoms with Gasteiger partial charge in [0.1, 0.15) is 12.4 Å². The number of hydrogen-bond acceptors (Lipinski definition) is 3. The number of unbranched alkanes of at least 4 members (excludes halogenated alkanes) is 5. The first-order valence-electron chi connectivity index (χ1n) is 8.21. The van der Waals surface area contributed by atoms with Crippen molar-refractivity contribution in [2.24, 2.45) is 0 Å². The summed E-state index contributed by atoms with van der Waals surface area (Å²) in [5, 5.41) is 3.36. The average molecular weight is 281 g/mol. The van der Waals surface area contributed by atoms with Gasteiger partial charge in [-0.15, -0.1) is 0 Å². The molecule has 116 valence electrons. The Bertz CT molecular complexity index is 323. The summed E-state index contributed by atoms with van der Waals surface area (Å²) in [7, 11) is 0. The van der Waals surface area contributed by atoms with Crippen molar-refractivity contribution in [3.63, 3.8) is 0 Å². The Hall–Kier alpha value is -0.800. The highest BCUT2D eigenvalue weighted by Gasteiger charge is 2.01. The van der Waals surface area contributed by atoms with Crippen LogP contribution in [0.2, 0.25) is 0 Å². The van der Waals surface area contributed by atoms with Crippen molar-refractivity contribution < 1.29 is 9.15 Å². The van der Waals surface area contributed by atoms with Crippen LogP contribution in [0.1, 0.15) is 70.1 Å². The van der Waals surface area contributed by atoms with Gasteiger partial charge in [0.15, 0.2) is 0 Å². The number of ether oxygens (including phenoxy) is 1. The molecule has 3 heteroatoms. The van der Waals surface area contributed by atoms with Crippen LogP contribution in [0.3, 0.4) is 0 Å². The molecule has 1 N–H and O–H groups in total. The Kier molecular flexibility index (Phi) is 10.3. The third kappa shape index (κ3) is 8.39. The molecule has 0 saturated carbocycles. The maximum Gasteiger partial charge on any atom is 0.129 e. The SMILES string of the molecule is CCCCCCCCOCc1cc(CNCCC)co1. The van der Waals surface area contributed by atoms with E-state index in [2.05, 4.69) is 25.2 Å². The molecule has 0 amide bonds. The first-order chi connectivity index (χ1) is 9.86. The van der Waals surface area contributed by atoms with E-state index < -0.39 is 0 Å². The lowest BCUT2D eigenvalue weighted by Crippen LogP contribution is -2.13. The van der Waals surface area contributed by atoms with Gasteiger partial charge in [0, 0.05) is 18.7 Å². The highest BCUT2D eigenvalue weighted by Crippen LogP contribution is 2.10. The van der Waals surface area contributed by atoms with E-state index in [-0.39, 0.29) is 0 Å². The molecule has 0 bridgehead atoms. The number of nitrogens with one attached hydrogen (secondary N) is 1. The van der Waals surface area contributed by atoms with Gasteiger partial charge in [0.2, 0.25) is 0 Å². The largest absolute Gasteiger partial charge is 0.467 e. The molecule has 1 rings (SSSR count). The molecule has 0 aliphatic heterocycles. The first kappa shape index (κ1) is 17.3. The minimum absolute atomic E-state index is 0.600. The molecule has 0 aliphatic rings. The molecule has 1 aromatic heterocycles. The smallest absolute Gasteiger partial charge is 0.129 e. The van der Waals surface area contributed by atoms with Crippen LogP contribution >= 0.6 is 0 Å². The van der Waals surface area contributed by atoms with E-state index in [0.717, 1.165) is 38.3 Å². The van der Waals surface area contributed by atoms with Crippen LogP contribution in [0, 0.1) is 0 Å². The molecule has 0 fully saturated rings. The molecule has 3 nitrogen and oxygen atoms in total. The zero-order chi connectivity index (χ0) is 14.5. The van der Waals surface area contributed by atoms with E-state index in [1.165, 1.54) is 37.7 Å². The van der Waals surface area contributed by atoms with Crippen molar-refractivity contribution in [2.75, 3.05) is 13.2 Å². The summed E-state index contributed by atoms with van der Waals surface area (Å²) in [5.74, 6) is 0.935. The summed E-state index contributed by atoms with van der Waals surface area (Å²) in [4.78, 5) is 0. The molecule has 0 spiro atoms. The minimum Gasteiger partial charge on any atom is -0.467 e. The third-order valence-electron chi connectivity index (χ3n) is 3.35. The Labute approximate surface area is 124 Å². The van der Waals surface area contributed by atoms with E-state index >= 15 is 0 Å². The summed E-state index contributed by atoms with van der Waals surface area (Å²) in [6.45, 7) is 7.80. The summed E-state index contributed by atoms with van der Waals surface area (Å²) < 4.78 is 11.1. The minimum atomic E-state index is 0.600. The molecular weight excluding hydrogens is 250 g/mol. The molecule has 0 radical (unpaired) electrons. The number of hydrogen-bond donors (Lipinski definition) is 1. The topological polar surface area (TPSA) is 34.4 Å². The van der Waals surface area contributed by atoms with Crippen LogP contribution in [0.25, 0.3) is 0 Å². The monoisotopic (exact) mass is 281 g/mol. The Morgan fingerprint density at radius 3 is 2.65 bits per heavy atom. The van der Waals surface area contributed by atoms with Gasteiger partial charge in [0.05, 0.1) is 6.26 Å². The summed E-state index contributed by atoms with van der Waals surface area (Å²) >= 11 is 0. The molecule has 0 aliphatic carbocycles. The van der Waals surface area contributed by atoms with Crippen LogP contribution in [0.4, 0.5) is 0 Å². The van der Waals surface area contributed by atoms with Crippen LogP contribution in [0.15, 0.2) is 16.7 Å². The standard InChI is InChI=1S/C17H31NO2/c1-3-5-6-7-8-9-11-19-15-17-12-16(14-20-17)13-18-10-4-2/h12,14,18H,3-11,13,15H2,1-2H3. The molecule has 20 heavy (non-hydrogen) atoms. The van der Waals surface area contributed by atoms with Gasteiger partial charge in [-0.1, -0.05) is 46.0 Å². The van der Waals surface area contributed by atoms with Gasteiger partial charge in [-0.05, 0) is 25.5 Å². The fraction of sp³-hybridized carbons (Fsp3) is 0.765. The van der Waals surface area contributed by atoms with E-state index in [9.17, 15) is 0 Å². The quantitative estimate of drug-likeness (QED) is 0.534. The van der Waals surface area contributed by atoms with E-state index in [1.807, 2.05) is 6.26 Å². The lowest BCUT2D eigenvalue weighted by Gasteiger charge is -2.02. The van der Waals surface area contributed by atoms with E-state index in [1.54, 1.807) is 0 Å². The van der Waals surface area contributed by atoms with Crippen molar-refractivity contribution in [2.45, 2.75) is 71.9 Å². The van der Waals surface area contributed by atoms with Gasteiger partial charge >= 0.3 is 0 Å². The molecule has 1 heterocycles. The maximum atomic E-state index is 5.65. The predicted molar refractivity (Wildman–Crippen MR) is 83.7 cm³/mol. The second-order valence-corrected chi connectivity index (χ2v) is 5.42. The molecule has 0 unspecified atom stereocenters. The van der Waals surface area contributed by atoms with E-state index in [0.29, 0.717) is 6.61 Å². The summed E-state index contributed by atoms with van der Waals surface area (Å²) in [6.07, 6.45) is 10.8. The van der Waals surface area contributed by atoms with Crippen molar-refractivity contribution in [1.29, 1.82) is 0 Å². The number of furan rings is 1. The van der Waals surface area contributed by atoms with Crippen LogP contribution < -0.4 is 5.32 Å². The second-order valence-electron chi connectivity index (χ2n) is 5.42. The summed E-state index contributed by atoms with van der Waals surface area (Å²) in [6, 6.07) is 2.09. The Balaban J connectivity index is 1.99. The molecule has 0 aromatic carbocycles. The second kappa shape index (κ2) is 12.0. The Morgan fingerprint density at radius 2 is 1.85 bits per heavy atom. The van der Waals surface area contributed by atoms with E-state index in [4.69, 9.17) is 9.15 Å². The lowest BCUT2D eigenvalue weighted by atomic mass is 10.1. The van der Waals surface area contributed by atoms with Crippen LogP contribution in [-0.4, -0.2) is 13.2 Å². The van der Waals surface area contributed by atoms with Crippen molar-refractivity contribution in [1.82, 2.24) is 5.32 Å². The van der Waals surface area contributed by atoms with Crippen LogP contribution in [0.5, 0.6) is 0 Å². The fourth-order valence-electron chi connectivity index (χ4n) is 2.16. The molecule has 0 atom stereocenters. The molecular formula is C17H31NO2. The van der Waals surface area contributed by atoms with Gasteiger partial charge in [-0.25, -0.2) is 0 Å². The molecule has 0 saturated heterocycles. The first-order valence-corrected chi connectivity index (χ1v) is 8.21. The highest BCUT2D eigenvalue weighted by atomic mass is 16.5. The van der Waals surface area contributed by atoms with Crippen molar-refractivity contribution in [3.8, 4) is 0 Å². The number of rotatable bonds is 13. The normalized spacial score (nSPS) is 11.1. The maximum absolute atomic E-state index is 5.65. The zero-order valence-electron chi connectivity index (χ0n) is 13.2. The average Bonchev–Trinajstić information content (AvgIpc) is 2.90. The lowest BCUT2D eigenvalue weighted by molar-refractivity contribution is 0.102. The molecule has 1 aromatic rings. The third-order valence-corrected chi connectivity index (χ3v) is 3.35. The highest BCUT2D eigenvalue weighted by molar-refractivity contribution is 5.11. The van der Waals surface area contributed by atoms with Crippen molar-refractivity contribution >= 4 is 0 Å². The fourth-order valence-corrected chi connectivity index (χ4v) is 2.16. The van der Waals surface area contributed by atoms with Gasteiger partial charge in [-0.3, -0.25) is 0 Å². The van der Waals surface area contributed by atoms with Gasteiger partial charge < -0.3 is 14.5 Å². The predicted octanol–water partition coefficient (Wildman–Crippen LogP) is 4.66. The van der Waals surface area contributed by atoms with Crippen molar-refractivity contribution in [3.05, 3.63) is 23.7 Å².